The molecule has 0 bridgehead atoms. The van der Waals surface area contributed by atoms with Crippen LogP contribution in [0.25, 0.3) is 0 Å². The third kappa shape index (κ3) is 5.37. The second kappa shape index (κ2) is 8.98. The van der Waals surface area contributed by atoms with E-state index < -0.39 is 27.6 Å². The number of aryl methyl sites for hydroxylation is 1. The number of rotatable bonds is 6. The summed E-state index contributed by atoms with van der Waals surface area (Å²) in [5.41, 5.74) is 0.707. The fraction of sp³-hybridized carbons (Fsp3) is 0.350. The number of piperazine rings is 1. The highest BCUT2D eigenvalue weighted by atomic mass is 32.2. The van der Waals surface area contributed by atoms with E-state index in [9.17, 15) is 22.0 Å². The van der Waals surface area contributed by atoms with Crippen molar-refractivity contribution in [2.24, 2.45) is 0 Å². The molecule has 29 heavy (non-hydrogen) atoms. The predicted molar refractivity (Wildman–Crippen MR) is 105 cm³/mol. The number of sulfonamides is 1. The van der Waals surface area contributed by atoms with Crippen LogP contribution in [-0.4, -0.2) is 63.4 Å². The minimum Gasteiger partial charge on any atom is -0.336 e. The Labute approximate surface area is 169 Å². The number of carbonyl (C=O) groups is 1. The molecule has 2 aromatic carbocycles. The molecule has 1 aliphatic rings. The summed E-state index contributed by atoms with van der Waals surface area (Å²) >= 11 is 0. The van der Waals surface area contributed by atoms with Gasteiger partial charge in [0, 0.05) is 39.3 Å². The number of halogens is 2. The SMILES string of the molecule is Cc1ccc(S(=O)(=O)NCCN2CCN(C(=O)c3cc(F)ccc3F)CC2)cc1. The molecule has 0 spiro atoms. The molecule has 1 amide bonds. The molecule has 0 radical (unpaired) electrons. The molecule has 1 fully saturated rings. The average molecular weight is 423 g/mol. The van der Waals surface area contributed by atoms with E-state index in [0.717, 1.165) is 23.8 Å². The summed E-state index contributed by atoms with van der Waals surface area (Å²) in [5, 5.41) is 0. The lowest BCUT2D eigenvalue weighted by atomic mass is 10.1. The summed E-state index contributed by atoms with van der Waals surface area (Å²) in [7, 11) is -3.57. The number of carbonyl (C=O) groups excluding carboxylic acids is 1. The van der Waals surface area contributed by atoms with Gasteiger partial charge in [-0.05, 0) is 37.3 Å². The first-order chi connectivity index (χ1) is 13.8. The molecule has 0 aliphatic carbocycles. The summed E-state index contributed by atoms with van der Waals surface area (Å²) in [5.74, 6) is -1.94. The normalized spacial score (nSPS) is 15.5. The average Bonchev–Trinajstić information content (AvgIpc) is 2.70. The number of nitrogens with zero attached hydrogens (tertiary/aromatic N) is 2. The fourth-order valence-corrected chi connectivity index (χ4v) is 4.17. The summed E-state index contributed by atoms with van der Waals surface area (Å²) < 4.78 is 54.3. The topological polar surface area (TPSA) is 69.7 Å². The van der Waals surface area contributed by atoms with Gasteiger partial charge < -0.3 is 4.90 Å². The molecule has 6 nitrogen and oxygen atoms in total. The minimum absolute atomic E-state index is 0.218. The standard InChI is InChI=1S/C20H23F2N3O3S/c1-15-2-5-17(6-3-15)29(27,28)23-8-9-24-10-12-25(13-11-24)20(26)18-14-16(21)4-7-19(18)22/h2-7,14,23H,8-13H2,1H3. The van der Waals surface area contributed by atoms with Gasteiger partial charge in [-0.1, -0.05) is 17.7 Å². The van der Waals surface area contributed by atoms with Crippen molar-refractivity contribution in [2.45, 2.75) is 11.8 Å². The van der Waals surface area contributed by atoms with Crippen LogP contribution in [-0.2, 0) is 10.0 Å². The van der Waals surface area contributed by atoms with Gasteiger partial charge in [-0.25, -0.2) is 21.9 Å². The second-order valence-electron chi connectivity index (χ2n) is 6.97. The zero-order valence-corrected chi connectivity index (χ0v) is 16.9. The van der Waals surface area contributed by atoms with E-state index in [-0.39, 0.29) is 17.0 Å². The van der Waals surface area contributed by atoms with Gasteiger partial charge >= 0.3 is 0 Å². The van der Waals surface area contributed by atoms with Gasteiger partial charge in [0.15, 0.2) is 0 Å². The van der Waals surface area contributed by atoms with Crippen LogP contribution in [0.3, 0.4) is 0 Å². The zero-order chi connectivity index (χ0) is 21.0. The number of hydrogen-bond donors (Lipinski definition) is 1. The van der Waals surface area contributed by atoms with Crippen molar-refractivity contribution >= 4 is 15.9 Å². The van der Waals surface area contributed by atoms with Crippen molar-refractivity contribution in [2.75, 3.05) is 39.3 Å². The molecular formula is C20H23F2N3O3S. The maximum Gasteiger partial charge on any atom is 0.257 e. The second-order valence-corrected chi connectivity index (χ2v) is 8.74. The van der Waals surface area contributed by atoms with Crippen molar-refractivity contribution in [3.63, 3.8) is 0 Å². The van der Waals surface area contributed by atoms with Gasteiger partial charge in [0.2, 0.25) is 10.0 Å². The Morgan fingerprint density at radius 1 is 1.03 bits per heavy atom. The lowest BCUT2D eigenvalue weighted by Gasteiger charge is -2.34. The van der Waals surface area contributed by atoms with E-state index in [2.05, 4.69) is 4.72 Å². The first-order valence-electron chi connectivity index (χ1n) is 9.29. The van der Waals surface area contributed by atoms with Gasteiger partial charge in [-0.2, -0.15) is 0 Å². The van der Waals surface area contributed by atoms with E-state index in [1.54, 1.807) is 24.3 Å². The smallest absolute Gasteiger partial charge is 0.257 e. The number of nitrogens with one attached hydrogen (secondary N) is 1. The van der Waals surface area contributed by atoms with E-state index in [1.165, 1.54) is 4.90 Å². The Balaban J connectivity index is 1.48. The van der Waals surface area contributed by atoms with Crippen molar-refractivity contribution in [1.82, 2.24) is 14.5 Å². The third-order valence-electron chi connectivity index (χ3n) is 4.87. The van der Waals surface area contributed by atoms with Gasteiger partial charge in [0.25, 0.3) is 5.91 Å². The number of benzene rings is 2. The number of hydrogen-bond acceptors (Lipinski definition) is 4. The monoisotopic (exact) mass is 423 g/mol. The molecule has 0 saturated carbocycles. The molecule has 1 aliphatic heterocycles. The Morgan fingerprint density at radius 2 is 1.69 bits per heavy atom. The molecule has 3 rings (SSSR count). The van der Waals surface area contributed by atoms with Crippen molar-refractivity contribution in [3.8, 4) is 0 Å². The van der Waals surface area contributed by atoms with Crippen molar-refractivity contribution in [1.29, 1.82) is 0 Å². The van der Waals surface area contributed by atoms with Crippen LogP contribution >= 0.6 is 0 Å². The lowest BCUT2D eigenvalue weighted by molar-refractivity contribution is 0.0635. The molecule has 156 valence electrons. The highest BCUT2D eigenvalue weighted by molar-refractivity contribution is 7.89. The highest BCUT2D eigenvalue weighted by Crippen LogP contribution is 2.14. The van der Waals surface area contributed by atoms with Crippen LogP contribution in [0.5, 0.6) is 0 Å². The van der Waals surface area contributed by atoms with Gasteiger partial charge in [-0.15, -0.1) is 0 Å². The summed E-state index contributed by atoms with van der Waals surface area (Å²) in [6, 6.07) is 9.43. The van der Waals surface area contributed by atoms with Crippen LogP contribution in [0, 0.1) is 18.6 Å². The molecule has 9 heteroatoms. The summed E-state index contributed by atoms with van der Waals surface area (Å²) in [6.07, 6.45) is 0. The van der Waals surface area contributed by atoms with Crippen LogP contribution in [0.15, 0.2) is 47.4 Å². The molecule has 0 aromatic heterocycles. The highest BCUT2D eigenvalue weighted by Gasteiger charge is 2.24. The van der Waals surface area contributed by atoms with Gasteiger partial charge in [0.1, 0.15) is 11.6 Å². The quantitative estimate of drug-likeness (QED) is 0.772. The van der Waals surface area contributed by atoms with Crippen LogP contribution in [0.4, 0.5) is 8.78 Å². The lowest BCUT2D eigenvalue weighted by Crippen LogP contribution is -2.50. The molecular weight excluding hydrogens is 400 g/mol. The molecule has 2 aromatic rings. The number of amides is 1. The Morgan fingerprint density at radius 3 is 2.34 bits per heavy atom. The molecule has 0 atom stereocenters. The minimum atomic E-state index is -3.57. The molecule has 1 saturated heterocycles. The first kappa shape index (κ1) is 21.4. The van der Waals surface area contributed by atoms with Crippen molar-refractivity contribution < 1.29 is 22.0 Å². The summed E-state index contributed by atoms with van der Waals surface area (Å²) in [6.45, 7) is 4.38. The zero-order valence-electron chi connectivity index (χ0n) is 16.1. The van der Waals surface area contributed by atoms with E-state index >= 15 is 0 Å². The molecule has 0 unspecified atom stereocenters. The summed E-state index contributed by atoms with van der Waals surface area (Å²) in [4.78, 5) is 16.1. The van der Waals surface area contributed by atoms with E-state index in [0.29, 0.717) is 32.7 Å². The fourth-order valence-electron chi connectivity index (χ4n) is 3.15. The van der Waals surface area contributed by atoms with E-state index in [4.69, 9.17) is 0 Å². The maximum atomic E-state index is 13.8. The third-order valence-corrected chi connectivity index (χ3v) is 6.35. The maximum absolute atomic E-state index is 13.8. The van der Waals surface area contributed by atoms with Crippen LogP contribution in [0.2, 0.25) is 0 Å². The molecule has 1 N–H and O–H groups in total. The Kier molecular flexibility index (Phi) is 6.61. The Bertz CT molecular complexity index is 973. The molecule has 1 heterocycles. The van der Waals surface area contributed by atoms with E-state index in [1.807, 2.05) is 11.8 Å². The largest absolute Gasteiger partial charge is 0.336 e. The Hall–Kier alpha value is -2.36. The van der Waals surface area contributed by atoms with Gasteiger partial charge in [0.05, 0.1) is 10.5 Å². The van der Waals surface area contributed by atoms with Crippen LogP contribution < -0.4 is 4.72 Å². The van der Waals surface area contributed by atoms with Gasteiger partial charge in [-0.3, -0.25) is 9.69 Å². The van der Waals surface area contributed by atoms with Crippen LogP contribution in [0.1, 0.15) is 15.9 Å². The first-order valence-corrected chi connectivity index (χ1v) is 10.8. The predicted octanol–water partition coefficient (Wildman–Crippen LogP) is 2.01. The van der Waals surface area contributed by atoms with Crippen molar-refractivity contribution in [3.05, 3.63) is 65.2 Å².